The van der Waals surface area contributed by atoms with Crippen molar-refractivity contribution in [1.29, 1.82) is 0 Å². The van der Waals surface area contributed by atoms with Crippen molar-refractivity contribution in [2.24, 2.45) is 0 Å². The quantitative estimate of drug-likeness (QED) is 0.477. The minimum absolute atomic E-state index is 0.140. The van der Waals surface area contributed by atoms with Gasteiger partial charge in [0.25, 0.3) is 0 Å². The molecule has 0 spiro atoms. The molecule has 4 rings (SSSR count). The van der Waals surface area contributed by atoms with E-state index in [-0.39, 0.29) is 12.6 Å². The lowest BCUT2D eigenvalue weighted by Crippen LogP contribution is -2.06. The van der Waals surface area contributed by atoms with Gasteiger partial charge in [0.15, 0.2) is 0 Å². The fraction of sp³-hybridized carbons (Fsp3) is 0.150. The Morgan fingerprint density at radius 3 is 2.78 bits per heavy atom. The molecule has 3 aromatic heterocycles. The second kappa shape index (κ2) is 7.63. The lowest BCUT2D eigenvalue weighted by Gasteiger charge is -2.02. The zero-order valence-electron chi connectivity index (χ0n) is 14.5. The largest absolute Gasteiger partial charge is 0.459 e. The van der Waals surface area contributed by atoms with E-state index in [1.807, 2.05) is 47.0 Å². The number of aromatic nitrogens is 4. The summed E-state index contributed by atoms with van der Waals surface area (Å²) in [6.45, 7) is 0.140. The minimum atomic E-state index is -0.266. The van der Waals surface area contributed by atoms with E-state index in [1.165, 1.54) is 0 Å². The number of fused-ring (bicyclic) bond motifs is 1. The van der Waals surface area contributed by atoms with Gasteiger partial charge >= 0.3 is 5.97 Å². The van der Waals surface area contributed by atoms with Crippen LogP contribution in [0.3, 0.4) is 0 Å². The topological polar surface area (TPSA) is 61.4 Å². The first kappa shape index (κ1) is 17.3. The molecule has 0 aliphatic carbocycles. The van der Waals surface area contributed by atoms with Crippen LogP contribution in [-0.2, 0) is 22.6 Å². The number of carbonyl (C=O) groups is 1. The predicted molar refractivity (Wildman–Crippen MR) is 102 cm³/mol. The third kappa shape index (κ3) is 4.17. The summed E-state index contributed by atoms with van der Waals surface area (Å²) < 4.78 is 8.93. The number of hydrogen-bond acceptors (Lipinski definition) is 4. The summed E-state index contributed by atoms with van der Waals surface area (Å²) in [4.78, 5) is 16.4. The highest BCUT2D eigenvalue weighted by Crippen LogP contribution is 2.13. The van der Waals surface area contributed by atoms with Crippen LogP contribution in [0, 0.1) is 0 Å². The summed E-state index contributed by atoms with van der Waals surface area (Å²) >= 11 is 5.95. The van der Waals surface area contributed by atoms with Gasteiger partial charge in [-0.3, -0.25) is 4.79 Å². The lowest BCUT2D eigenvalue weighted by atomic mass is 10.2. The maximum absolute atomic E-state index is 12.0. The molecule has 0 radical (unpaired) electrons. The van der Waals surface area contributed by atoms with Crippen LogP contribution in [0.1, 0.15) is 17.7 Å². The number of rotatable bonds is 6. The van der Waals surface area contributed by atoms with Crippen molar-refractivity contribution in [3.05, 3.63) is 83.5 Å². The summed E-state index contributed by atoms with van der Waals surface area (Å²) in [7, 11) is 0. The molecule has 0 aliphatic rings. The highest BCUT2D eigenvalue weighted by molar-refractivity contribution is 6.30. The lowest BCUT2D eigenvalue weighted by molar-refractivity contribution is -0.145. The molecule has 6 nitrogen and oxygen atoms in total. The molecule has 0 saturated carbocycles. The second-order valence-corrected chi connectivity index (χ2v) is 6.57. The van der Waals surface area contributed by atoms with E-state index in [0.29, 0.717) is 23.6 Å². The van der Waals surface area contributed by atoms with Crippen molar-refractivity contribution < 1.29 is 9.53 Å². The van der Waals surface area contributed by atoms with Gasteiger partial charge in [0.1, 0.15) is 12.3 Å². The Hall–Kier alpha value is -3.12. The summed E-state index contributed by atoms with van der Waals surface area (Å²) in [6.07, 6.45) is 8.13. The van der Waals surface area contributed by atoms with Gasteiger partial charge in [-0.2, -0.15) is 5.10 Å². The SMILES string of the molecule is O=C(CCc1cnn(-c2ccccc2)c1)OCc1cn2cc(Cl)ccc2n1. The Labute approximate surface area is 161 Å². The first-order valence-electron chi connectivity index (χ1n) is 8.55. The molecule has 0 bridgehead atoms. The van der Waals surface area contributed by atoms with Crippen molar-refractivity contribution in [3.8, 4) is 5.69 Å². The predicted octanol–water partition coefficient (Wildman–Crippen LogP) is 3.85. The highest BCUT2D eigenvalue weighted by Gasteiger charge is 2.09. The number of hydrogen-bond donors (Lipinski definition) is 0. The number of benzene rings is 1. The number of halogens is 1. The Kier molecular flexibility index (Phi) is 4.89. The Morgan fingerprint density at radius 2 is 1.93 bits per heavy atom. The third-order valence-electron chi connectivity index (χ3n) is 4.12. The number of para-hydroxylation sites is 1. The molecule has 7 heteroatoms. The van der Waals surface area contributed by atoms with Gasteiger partial charge in [0, 0.05) is 25.0 Å². The molecular formula is C20H17ClN4O2. The van der Waals surface area contributed by atoms with E-state index < -0.39 is 0 Å². The van der Waals surface area contributed by atoms with Crippen molar-refractivity contribution in [2.45, 2.75) is 19.4 Å². The molecule has 3 heterocycles. The van der Waals surface area contributed by atoms with E-state index in [0.717, 1.165) is 16.9 Å². The van der Waals surface area contributed by atoms with Crippen LogP contribution in [0.2, 0.25) is 5.02 Å². The van der Waals surface area contributed by atoms with Crippen LogP contribution >= 0.6 is 11.6 Å². The molecule has 1 aromatic carbocycles. The summed E-state index contributed by atoms with van der Waals surface area (Å²) in [5.74, 6) is -0.266. The first-order valence-corrected chi connectivity index (χ1v) is 8.93. The molecule has 136 valence electrons. The van der Waals surface area contributed by atoms with E-state index in [1.54, 1.807) is 29.3 Å². The van der Waals surface area contributed by atoms with Crippen LogP contribution in [-0.4, -0.2) is 25.1 Å². The van der Waals surface area contributed by atoms with Crippen LogP contribution in [0.15, 0.2) is 67.3 Å². The van der Waals surface area contributed by atoms with Gasteiger partial charge in [-0.25, -0.2) is 9.67 Å². The molecule has 0 amide bonds. The van der Waals surface area contributed by atoms with Crippen molar-refractivity contribution in [3.63, 3.8) is 0 Å². The zero-order valence-corrected chi connectivity index (χ0v) is 15.2. The number of imidazole rings is 1. The molecule has 0 N–H and O–H groups in total. The monoisotopic (exact) mass is 380 g/mol. The van der Waals surface area contributed by atoms with Crippen LogP contribution in [0.25, 0.3) is 11.3 Å². The maximum atomic E-state index is 12.0. The van der Waals surface area contributed by atoms with E-state index in [4.69, 9.17) is 16.3 Å². The Morgan fingerprint density at radius 1 is 1.07 bits per heavy atom. The molecule has 4 aromatic rings. The fourth-order valence-corrected chi connectivity index (χ4v) is 2.94. The van der Waals surface area contributed by atoms with Crippen molar-refractivity contribution in [1.82, 2.24) is 19.2 Å². The van der Waals surface area contributed by atoms with E-state index in [9.17, 15) is 4.79 Å². The first-order chi connectivity index (χ1) is 13.2. The highest BCUT2D eigenvalue weighted by atomic mass is 35.5. The van der Waals surface area contributed by atoms with Gasteiger partial charge in [-0.1, -0.05) is 29.8 Å². The Bertz CT molecular complexity index is 1070. The molecule has 0 saturated heterocycles. The van der Waals surface area contributed by atoms with Gasteiger partial charge in [0.05, 0.1) is 22.6 Å². The molecule has 0 unspecified atom stereocenters. The summed E-state index contributed by atoms with van der Waals surface area (Å²) in [5.41, 5.74) is 3.41. The molecule has 27 heavy (non-hydrogen) atoms. The number of carbonyl (C=O) groups excluding carboxylic acids is 1. The van der Waals surface area contributed by atoms with Crippen molar-refractivity contribution >= 4 is 23.2 Å². The van der Waals surface area contributed by atoms with Crippen LogP contribution < -0.4 is 0 Å². The normalized spacial score (nSPS) is 11.0. The molecule has 0 atom stereocenters. The zero-order chi connectivity index (χ0) is 18.6. The Balaban J connectivity index is 1.30. The molecule has 0 aliphatic heterocycles. The van der Waals surface area contributed by atoms with Gasteiger partial charge in [-0.05, 0) is 36.2 Å². The summed E-state index contributed by atoms with van der Waals surface area (Å²) in [5, 5.41) is 4.95. The average Bonchev–Trinajstić information content (AvgIpc) is 3.32. The maximum Gasteiger partial charge on any atom is 0.306 e. The number of aryl methyl sites for hydroxylation is 1. The van der Waals surface area contributed by atoms with E-state index in [2.05, 4.69) is 10.1 Å². The second-order valence-electron chi connectivity index (χ2n) is 6.13. The average molecular weight is 381 g/mol. The van der Waals surface area contributed by atoms with Gasteiger partial charge < -0.3 is 9.14 Å². The standard InChI is InChI=1S/C20H17ClN4O2/c21-16-7-8-19-23-17(13-24(19)12-16)14-27-20(26)9-6-15-10-22-25(11-15)18-4-2-1-3-5-18/h1-5,7-8,10-13H,6,9,14H2. The van der Waals surface area contributed by atoms with Gasteiger partial charge in [0.2, 0.25) is 0 Å². The number of nitrogens with zero attached hydrogens (tertiary/aromatic N) is 4. The number of ether oxygens (including phenoxy) is 1. The number of pyridine rings is 1. The molecule has 0 fully saturated rings. The van der Waals surface area contributed by atoms with E-state index >= 15 is 0 Å². The minimum Gasteiger partial charge on any atom is -0.459 e. The summed E-state index contributed by atoms with van der Waals surface area (Å²) in [6, 6.07) is 13.4. The number of esters is 1. The molecular weight excluding hydrogens is 364 g/mol. The van der Waals surface area contributed by atoms with Crippen LogP contribution in [0.5, 0.6) is 0 Å². The third-order valence-corrected chi connectivity index (χ3v) is 4.34. The fourth-order valence-electron chi connectivity index (χ4n) is 2.77. The smallest absolute Gasteiger partial charge is 0.306 e. The van der Waals surface area contributed by atoms with Gasteiger partial charge in [-0.15, -0.1) is 0 Å². The van der Waals surface area contributed by atoms with Crippen LogP contribution in [0.4, 0.5) is 0 Å². The van der Waals surface area contributed by atoms with Crippen molar-refractivity contribution in [2.75, 3.05) is 0 Å².